The predicted molar refractivity (Wildman–Crippen MR) is 58.9 cm³/mol. The van der Waals surface area contributed by atoms with Crippen LogP contribution < -0.4 is 4.74 Å². The second-order valence-corrected chi connectivity index (χ2v) is 3.65. The number of ether oxygens (including phenoxy) is 2. The normalized spacial score (nSPS) is 18.4. The van der Waals surface area contributed by atoms with Crippen LogP contribution >= 0.6 is 0 Å². The molecule has 0 saturated carbocycles. The van der Waals surface area contributed by atoms with Crippen molar-refractivity contribution in [1.29, 1.82) is 0 Å². The number of hydrogen-bond acceptors (Lipinski definition) is 3. The van der Waals surface area contributed by atoms with Crippen LogP contribution in [0.1, 0.15) is 17.8 Å². The van der Waals surface area contributed by atoms with Gasteiger partial charge < -0.3 is 9.47 Å². The van der Waals surface area contributed by atoms with Gasteiger partial charge in [-0.15, -0.1) is 0 Å². The van der Waals surface area contributed by atoms with Gasteiger partial charge in [0.05, 0.1) is 20.3 Å². The van der Waals surface area contributed by atoms with Gasteiger partial charge in [-0.2, -0.15) is 0 Å². The lowest BCUT2D eigenvalue weighted by Gasteiger charge is -2.05. The molecule has 1 fully saturated rings. The van der Waals surface area contributed by atoms with Gasteiger partial charge in [0.2, 0.25) is 0 Å². The predicted octanol–water partition coefficient (Wildman–Crippen LogP) is 2.20. The van der Waals surface area contributed by atoms with Gasteiger partial charge in [0, 0.05) is 5.69 Å². The minimum absolute atomic E-state index is 0.721. The van der Waals surface area contributed by atoms with Crippen LogP contribution in [0.15, 0.2) is 17.7 Å². The highest BCUT2D eigenvalue weighted by molar-refractivity contribution is 5.56. The van der Waals surface area contributed by atoms with Crippen LogP contribution in [0.5, 0.6) is 5.75 Å². The molecule has 0 atom stereocenters. The molecule has 80 valence electrons. The average Bonchev–Trinajstić information content (AvgIpc) is 2.71. The molecule has 0 bridgehead atoms. The molecule has 0 unspecified atom stereocenters. The Balaban J connectivity index is 2.32. The van der Waals surface area contributed by atoms with Crippen LogP contribution in [0.25, 0.3) is 6.08 Å². The van der Waals surface area contributed by atoms with E-state index in [0.717, 1.165) is 36.8 Å². The van der Waals surface area contributed by atoms with E-state index in [0.29, 0.717) is 0 Å². The summed E-state index contributed by atoms with van der Waals surface area (Å²) in [4.78, 5) is 4.45. The zero-order chi connectivity index (χ0) is 10.7. The van der Waals surface area contributed by atoms with Crippen molar-refractivity contribution in [2.45, 2.75) is 13.3 Å². The molecule has 0 aromatic carbocycles. The summed E-state index contributed by atoms with van der Waals surface area (Å²) in [6.07, 6.45) is 3.07. The lowest BCUT2D eigenvalue weighted by molar-refractivity contribution is 0.205. The molecule has 2 rings (SSSR count). The van der Waals surface area contributed by atoms with Gasteiger partial charge in [0.25, 0.3) is 0 Å². The van der Waals surface area contributed by atoms with Gasteiger partial charge >= 0.3 is 0 Å². The lowest BCUT2D eigenvalue weighted by Crippen LogP contribution is -1.93. The molecule has 3 heteroatoms. The largest absolute Gasteiger partial charge is 0.494 e. The standard InChI is InChI=1S/C12H15NO2/c1-9-3-4-12(14-2)11(13-9)7-10-5-6-15-8-10/h3-4,7H,5-6,8H2,1-2H3/b10-7+. The van der Waals surface area contributed by atoms with Crippen molar-refractivity contribution in [3.05, 3.63) is 29.1 Å². The average molecular weight is 205 g/mol. The fraction of sp³-hybridized carbons (Fsp3) is 0.417. The maximum atomic E-state index is 5.30. The molecule has 2 heterocycles. The lowest BCUT2D eigenvalue weighted by atomic mass is 10.1. The van der Waals surface area contributed by atoms with Crippen molar-refractivity contribution in [3.8, 4) is 5.75 Å². The van der Waals surface area contributed by atoms with E-state index in [2.05, 4.69) is 11.1 Å². The SMILES string of the molecule is COc1ccc(C)nc1/C=C1\CCOC1. The molecule has 3 nitrogen and oxygen atoms in total. The van der Waals surface area contributed by atoms with Gasteiger partial charge in [0.15, 0.2) is 0 Å². The number of nitrogens with zero attached hydrogens (tertiary/aromatic N) is 1. The van der Waals surface area contributed by atoms with E-state index >= 15 is 0 Å². The highest BCUT2D eigenvalue weighted by atomic mass is 16.5. The third-order valence-electron chi connectivity index (χ3n) is 2.44. The maximum absolute atomic E-state index is 5.30. The number of rotatable bonds is 2. The van der Waals surface area contributed by atoms with Crippen LogP contribution in [0.3, 0.4) is 0 Å². The molecule has 0 spiro atoms. The highest BCUT2D eigenvalue weighted by Crippen LogP contribution is 2.22. The summed E-state index contributed by atoms with van der Waals surface area (Å²) in [6, 6.07) is 3.90. The molecule has 1 aromatic heterocycles. The van der Waals surface area contributed by atoms with Crippen LogP contribution in [-0.4, -0.2) is 25.3 Å². The van der Waals surface area contributed by atoms with E-state index in [1.807, 2.05) is 19.1 Å². The topological polar surface area (TPSA) is 31.4 Å². The second kappa shape index (κ2) is 4.45. The number of pyridine rings is 1. The van der Waals surface area contributed by atoms with E-state index in [1.165, 1.54) is 5.57 Å². The molecule has 1 aromatic rings. The Morgan fingerprint density at radius 2 is 2.33 bits per heavy atom. The molecule has 1 aliphatic heterocycles. The summed E-state index contributed by atoms with van der Waals surface area (Å²) < 4.78 is 10.6. The Morgan fingerprint density at radius 1 is 1.47 bits per heavy atom. The van der Waals surface area contributed by atoms with E-state index in [-0.39, 0.29) is 0 Å². The number of methoxy groups -OCH3 is 1. The Kier molecular flexibility index (Phi) is 3.02. The number of hydrogen-bond donors (Lipinski definition) is 0. The van der Waals surface area contributed by atoms with E-state index in [9.17, 15) is 0 Å². The minimum Gasteiger partial charge on any atom is -0.494 e. The molecular formula is C12H15NO2. The summed E-state index contributed by atoms with van der Waals surface area (Å²) in [5.74, 6) is 0.819. The van der Waals surface area contributed by atoms with Crippen LogP contribution in [0.4, 0.5) is 0 Å². The fourth-order valence-corrected chi connectivity index (χ4v) is 1.63. The summed E-state index contributed by atoms with van der Waals surface area (Å²) in [5, 5.41) is 0. The first-order chi connectivity index (χ1) is 7.29. The van der Waals surface area contributed by atoms with Crippen molar-refractivity contribution < 1.29 is 9.47 Å². The van der Waals surface area contributed by atoms with Crippen molar-refractivity contribution in [1.82, 2.24) is 4.98 Å². The van der Waals surface area contributed by atoms with E-state index in [4.69, 9.17) is 9.47 Å². The van der Waals surface area contributed by atoms with Gasteiger partial charge in [-0.1, -0.05) is 0 Å². The molecule has 1 saturated heterocycles. The van der Waals surface area contributed by atoms with Gasteiger partial charge in [-0.25, -0.2) is 4.98 Å². The monoisotopic (exact) mass is 205 g/mol. The quantitative estimate of drug-likeness (QED) is 0.741. The fourth-order valence-electron chi connectivity index (χ4n) is 1.63. The van der Waals surface area contributed by atoms with Gasteiger partial charge in [-0.05, 0) is 37.1 Å². The third-order valence-corrected chi connectivity index (χ3v) is 2.44. The first-order valence-corrected chi connectivity index (χ1v) is 5.08. The highest BCUT2D eigenvalue weighted by Gasteiger charge is 2.09. The van der Waals surface area contributed by atoms with E-state index in [1.54, 1.807) is 7.11 Å². The van der Waals surface area contributed by atoms with Crippen LogP contribution in [0.2, 0.25) is 0 Å². The van der Waals surface area contributed by atoms with E-state index < -0.39 is 0 Å². The van der Waals surface area contributed by atoms with Crippen LogP contribution in [0, 0.1) is 6.92 Å². The molecule has 0 amide bonds. The summed E-state index contributed by atoms with van der Waals surface area (Å²) in [6.45, 7) is 3.52. The van der Waals surface area contributed by atoms with Crippen molar-refractivity contribution in [3.63, 3.8) is 0 Å². The third kappa shape index (κ3) is 2.36. The molecule has 0 aliphatic carbocycles. The van der Waals surface area contributed by atoms with Crippen molar-refractivity contribution in [2.75, 3.05) is 20.3 Å². The molecule has 15 heavy (non-hydrogen) atoms. The van der Waals surface area contributed by atoms with Crippen molar-refractivity contribution >= 4 is 6.08 Å². The Labute approximate surface area is 89.7 Å². The smallest absolute Gasteiger partial charge is 0.144 e. The maximum Gasteiger partial charge on any atom is 0.144 e. The first-order valence-electron chi connectivity index (χ1n) is 5.08. The number of aryl methyl sites for hydroxylation is 1. The van der Waals surface area contributed by atoms with Gasteiger partial charge in [-0.3, -0.25) is 0 Å². The number of aromatic nitrogens is 1. The molecule has 1 aliphatic rings. The molecular weight excluding hydrogens is 190 g/mol. The molecule has 0 radical (unpaired) electrons. The summed E-state index contributed by atoms with van der Waals surface area (Å²) in [5.41, 5.74) is 3.19. The summed E-state index contributed by atoms with van der Waals surface area (Å²) >= 11 is 0. The van der Waals surface area contributed by atoms with Crippen LogP contribution in [-0.2, 0) is 4.74 Å². The molecule has 0 N–H and O–H groups in total. The summed E-state index contributed by atoms with van der Waals surface area (Å²) in [7, 11) is 1.67. The van der Waals surface area contributed by atoms with Crippen molar-refractivity contribution in [2.24, 2.45) is 0 Å². The minimum atomic E-state index is 0.721. The Morgan fingerprint density at radius 3 is 3.00 bits per heavy atom. The zero-order valence-electron chi connectivity index (χ0n) is 9.12. The Hall–Kier alpha value is -1.35. The zero-order valence-corrected chi connectivity index (χ0v) is 9.12. The Bertz CT molecular complexity index is 377. The van der Waals surface area contributed by atoms with Gasteiger partial charge in [0.1, 0.15) is 11.4 Å². The second-order valence-electron chi connectivity index (χ2n) is 3.65. The first kappa shape index (κ1) is 10.2.